The lowest BCUT2D eigenvalue weighted by molar-refractivity contribution is -0.929. The van der Waals surface area contributed by atoms with Gasteiger partial charge in [0.15, 0.2) is 12.6 Å². The van der Waals surface area contributed by atoms with Gasteiger partial charge in [-0.15, -0.1) is 11.3 Å². The quantitative estimate of drug-likeness (QED) is 0.0597. The maximum Gasteiger partial charge on any atom is 0.345 e. The average molecular weight is 965 g/mol. The van der Waals surface area contributed by atoms with Crippen molar-refractivity contribution in [3.8, 4) is 56.1 Å². The van der Waals surface area contributed by atoms with Crippen molar-refractivity contribution in [1.29, 1.82) is 0 Å². The lowest BCUT2D eigenvalue weighted by Crippen LogP contribution is -2.58. The predicted molar refractivity (Wildman–Crippen MR) is 252 cm³/mol. The molecule has 8 rings (SSSR count). The second-order valence-corrected chi connectivity index (χ2v) is 18.9. The third-order valence-electron chi connectivity index (χ3n) is 11.8. The smallest absolute Gasteiger partial charge is 0.345 e. The first-order chi connectivity index (χ1) is 32.7. The van der Waals surface area contributed by atoms with Crippen molar-refractivity contribution in [2.75, 3.05) is 60.2 Å². The number of hydrogen-bond donors (Lipinski definition) is 2. The Morgan fingerprint density at radius 1 is 0.941 bits per heavy atom. The van der Waals surface area contributed by atoms with Crippen molar-refractivity contribution in [3.63, 3.8) is 0 Å². The van der Waals surface area contributed by atoms with E-state index in [1.807, 2.05) is 57.3 Å². The largest absolute Gasteiger partial charge is 0.756 e. The second-order valence-electron chi connectivity index (χ2n) is 16.7. The zero-order chi connectivity index (χ0) is 48.0. The minimum Gasteiger partial charge on any atom is -0.756 e. The number of aromatic nitrogens is 4. The first-order valence-corrected chi connectivity index (χ1v) is 24.1. The third kappa shape index (κ3) is 11.5. The molecule has 1 saturated heterocycles. The minimum absolute atomic E-state index is 0.0692. The highest BCUT2D eigenvalue weighted by Gasteiger charge is 2.31. The summed E-state index contributed by atoms with van der Waals surface area (Å²) in [7, 11) is -1.33. The van der Waals surface area contributed by atoms with E-state index >= 15 is 0 Å². The number of carboxylic acid groups (broad SMARTS) is 1. The van der Waals surface area contributed by atoms with Crippen LogP contribution in [0.5, 0.6) is 23.1 Å². The molecule has 4 aromatic carbocycles. The van der Waals surface area contributed by atoms with Gasteiger partial charge in [0.25, 0.3) is 7.82 Å². The molecule has 3 aromatic heterocycles. The van der Waals surface area contributed by atoms with Crippen molar-refractivity contribution in [3.05, 3.63) is 132 Å². The molecule has 1 aliphatic rings. The van der Waals surface area contributed by atoms with E-state index in [0.29, 0.717) is 93.9 Å². The Morgan fingerprint density at radius 2 is 1.65 bits per heavy atom. The first-order valence-electron chi connectivity index (χ1n) is 21.7. The van der Waals surface area contributed by atoms with Crippen LogP contribution in [0.2, 0.25) is 0 Å². The normalized spacial score (nSPS) is 15.1. The van der Waals surface area contributed by atoms with Crippen LogP contribution in [-0.4, -0.2) is 112 Å². The van der Waals surface area contributed by atoms with Gasteiger partial charge in [-0.2, -0.15) is 0 Å². The molecule has 0 spiro atoms. The molecule has 354 valence electrons. The number of phosphoric acid groups is 1. The molecule has 0 aliphatic carbocycles. The third-order valence-corrected chi connectivity index (χ3v) is 13.4. The molecule has 19 heteroatoms. The topological polar surface area (TPSA) is 199 Å². The summed E-state index contributed by atoms with van der Waals surface area (Å²) >= 11 is 1.37. The van der Waals surface area contributed by atoms with Crippen molar-refractivity contribution in [1.82, 2.24) is 24.8 Å². The molecule has 0 bridgehead atoms. The molecule has 0 radical (unpaired) electrons. The molecule has 2 N–H and O–H groups in total. The lowest BCUT2D eigenvalue weighted by Gasteiger charge is -2.41. The number of rotatable bonds is 19. The number of piperazine rings is 1. The summed E-state index contributed by atoms with van der Waals surface area (Å²) < 4.78 is 55.0. The molecular formula is C49H50FN6O10PS. The van der Waals surface area contributed by atoms with Gasteiger partial charge in [0, 0.05) is 42.7 Å². The van der Waals surface area contributed by atoms with Gasteiger partial charge in [0.05, 0.1) is 43.9 Å². The van der Waals surface area contributed by atoms with E-state index in [-0.39, 0.29) is 31.5 Å². The number of fused-ring (bicyclic) bond motifs is 1. The van der Waals surface area contributed by atoms with Gasteiger partial charge in [-0.25, -0.2) is 29.1 Å². The van der Waals surface area contributed by atoms with E-state index in [4.69, 9.17) is 28.8 Å². The van der Waals surface area contributed by atoms with E-state index < -0.39 is 19.9 Å². The number of benzene rings is 4. The Kier molecular flexibility index (Phi) is 14.8. The number of nitrogens with zero attached hydrogens (tertiary/aromatic N) is 6. The Balaban J connectivity index is 1.04. The number of phosphoric ester groups is 1. The Bertz CT molecular complexity index is 2940. The summed E-state index contributed by atoms with van der Waals surface area (Å²) in [6.07, 6.45) is 1.53. The van der Waals surface area contributed by atoms with Gasteiger partial charge >= 0.3 is 5.97 Å². The van der Waals surface area contributed by atoms with Crippen molar-refractivity contribution in [2.24, 2.45) is 0 Å². The van der Waals surface area contributed by atoms with Gasteiger partial charge in [-0.05, 0) is 90.2 Å². The second kappa shape index (κ2) is 20.9. The van der Waals surface area contributed by atoms with Crippen LogP contribution in [0.1, 0.15) is 22.4 Å². The molecule has 2 unspecified atom stereocenters. The van der Waals surface area contributed by atoms with Crippen LogP contribution in [0.25, 0.3) is 43.2 Å². The van der Waals surface area contributed by atoms with Crippen LogP contribution in [-0.2, 0) is 26.9 Å². The van der Waals surface area contributed by atoms with Gasteiger partial charge in [-0.3, -0.25) is 14.0 Å². The SMILES string of the molecule is COc1ccccc1-c1nccc(COc2ccccc2CC(Oc2ncnc3sc(-c4ccc(F)cc4)c(-c4c(C)cc(OCCN5CC[N+](C)(COP(=O)([O-])O)CC5)cc4C)c23)C(=O)O)n1. The van der Waals surface area contributed by atoms with Crippen LogP contribution in [0.3, 0.4) is 0 Å². The number of aryl methyl sites for hydroxylation is 2. The van der Waals surface area contributed by atoms with Crippen LogP contribution in [0, 0.1) is 19.7 Å². The molecule has 1 aliphatic heterocycles. The number of aliphatic carboxylic acids is 1. The Labute approximate surface area is 396 Å². The number of carboxylic acids is 1. The van der Waals surface area contributed by atoms with E-state index in [9.17, 15) is 23.7 Å². The molecule has 1 fully saturated rings. The maximum atomic E-state index is 14.3. The van der Waals surface area contributed by atoms with E-state index in [1.54, 1.807) is 55.8 Å². The van der Waals surface area contributed by atoms with Crippen molar-refractivity contribution >= 4 is 35.3 Å². The highest BCUT2D eigenvalue weighted by molar-refractivity contribution is 7.44. The number of para-hydroxylation sites is 2. The van der Waals surface area contributed by atoms with E-state index in [1.165, 1.54) is 29.8 Å². The van der Waals surface area contributed by atoms with Crippen molar-refractivity contribution in [2.45, 2.75) is 33.0 Å². The van der Waals surface area contributed by atoms with Gasteiger partial charge < -0.3 is 38.3 Å². The Hall–Kier alpha value is -6.37. The Morgan fingerprint density at radius 3 is 2.35 bits per heavy atom. The zero-order valence-electron chi connectivity index (χ0n) is 37.8. The molecule has 0 amide bonds. The fourth-order valence-corrected chi connectivity index (χ4v) is 9.77. The molecule has 4 heterocycles. The standard InChI is InChI=1S/C49H50FN6O10PS/c1-31-25-37(63-24-21-55-19-22-56(3,23-20-55)30-65-67(59,60)61)26-32(2)42(31)43-44-47(52-29-53-48(44)68-45(43)33-13-15-35(50)16-14-33)66-41(49(57)58)27-34-9-5-7-11-39(34)64-28-36-17-18-51-46(54-36)38-10-6-8-12-40(38)62-4/h5-18,25-26,29,41H,19-24,27-28,30H2,1-4H3,(H2-,57,58,59,60,61). The highest BCUT2D eigenvalue weighted by Crippen LogP contribution is 2.49. The number of likely N-dealkylation sites (N-methyl/N-ethyl adjacent to an activating group) is 1. The number of carbonyl (C=O) groups is 1. The van der Waals surface area contributed by atoms with Gasteiger partial charge in [-0.1, -0.05) is 42.5 Å². The lowest BCUT2D eigenvalue weighted by atomic mass is 9.92. The monoisotopic (exact) mass is 964 g/mol. The van der Waals surface area contributed by atoms with E-state index in [2.05, 4.69) is 24.4 Å². The minimum atomic E-state index is -4.80. The van der Waals surface area contributed by atoms with Gasteiger partial charge in [0.2, 0.25) is 12.0 Å². The highest BCUT2D eigenvalue weighted by atomic mass is 32.1. The van der Waals surface area contributed by atoms with Crippen molar-refractivity contribution < 1.29 is 56.6 Å². The molecule has 16 nitrogen and oxygen atoms in total. The average Bonchev–Trinajstić information content (AvgIpc) is 3.71. The molecule has 68 heavy (non-hydrogen) atoms. The summed E-state index contributed by atoms with van der Waals surface area (Å²) in [5.74, 6) is 0.698. The number of methoxy groups -OCH3 is 1. The van der Waals surface area contributed by atoms with Gasteiger partial charge in [0.1, 0.15) is 47.4 Å². The summed E-state index contributed by atoms with van der Waals surface area (Å²) in [6.45, 7) is 7.59. The van der Waals surface area contributed by atoms with Crippen LogP contribution in [0.15, 0.2) is 104 Å². The number of ether oxygens (including phenoxy) is 4. The van der Waals surface area contributed by atoms with E-state index in [0.717, 1.165) is 32.7 Å². The van der Waals surface area contributed by atoms with Crippen LogP contribution >= 0.6 is 19.2 Å². The number of hydrogen-bond acceptors (Lipinski definition) is 14. The molecule has 0 saturated carbocycles. The summed E-state index contributed by atoms with van der Waals surface area (Å²) in [6, 6.07) is 26.4. The zero-order valence-corrected chi connectivity index (χ0v) is 39.5. The fourth-order valence-electron chi connectivity index (χ4n) is 8.20. The fraction of sp³-hybridized carbons (Fsp3) is 0.286. The summed E-state index contributed by atoms with van der Waals surface area (Å²) in [5, 5.41) is 11.2. The molecule has 7 aromatic rings. The van der Waals surface area contributed by atoms with Crippen LogP contribution in [0.4, 0.5) is 4.39 Å². The number of thiophene rings is 1. The molecule has 2 atom stereocenters. The number of halogens is 1. The number of quaternary nitrogens is 1. The molecular weight excluding hydrogens is 915 g/mol. The summed E-state index contributed by atoms with van der Waals surface area (Å²) in [5.41, 5.74) is 5.94. The predicted octanol–water partition coefficient (Wildman–Crippen LogP) is 7.48. The summed E-state index contributed by atoms with van der Waals surface area (Å²) in [4.78, 5) is 55.1. The maximum absolute atomic E-state index is 14.3. The first kappa shape index (κ1) is 48.1. The van der Waals surface area contributed by atoms with Crippen LogP contribution < -0.4 is 23.8 Å².